The highest BCUT2D eigenvalue weighted by Gasteiger charge is 2.60. The minimum atomic E-state index is -2.85. The summed E-state index contributed by atoms with van der Waals surface area (Å²) < 4.78 is 40.6. The summed E-state index contributed by atoms with van der Waals surface area (Å²) >= 11 is 0. The van der Waals surface area contributed by atoms with E-state index in [0.717, 1.165) is 0 Å². The van der Waals surface area contributed by atoms with Crippen molar-refractivity contribution in [3.8, 4) is 0 Å². The quantitative estimate of drug-likeness (QED) is 0.511. The van der Waals surface area contributed by atoms with E-state index in [4.69, 9.17) is 18.9 Å². The van der Waals surface area contributed by atoms with Gasteiger partial charge in [0.2, 0.25) is 0 Å². The summed E-state index contributed by atoms with van der Waals surface area (Å²) in [6.45, 7) is 19.6. The van der Waals surface area contributed by atoms with Gasteiger partial charge >= 0.3 is 0 Å². The zero-order valence-electron chi connectivity index (χ0n) is 21.3. The van der Waals surface area contributed by atoms with Crippen LogP contribution >= 0.6 is 7.29 Å². The third-order valence-electron chi connectivity index (χ3n) is 8.93. The first kappa shape index (κ1) is 26.3. The lowest BCUT2D eigenvalue weighted by Gasteiger charge is -2.53. The maximum absolute atomic E-state index is 14.6. The molecule has 2 fully saturated rings. The third kappa shape index (κ3) is 4.06. The van der Waals surface area contributed by atoms with Crippen molar-refractivity contribution in [3.05, 3.63) is 0 Å². The van der Waals surface area contributed by atoms with Crippen LogP contribution in [0.15, 0.2) is 0 Å². The van der Waals surface area contributed by atoms with E-state index in [2.05, 4.69) is 60.1 Å². The Labute approximate surface area is 184 Å². The van der Waals surface area contributed by atoms with Gasteiger partial charge in [-0.2, -0.15) is 0 Å². The zero-order chi connectivity index (χ0) is 23.2. The molecule has 0 aliphatic carbocycles. The van der Waals surface area contributed by atoms with Gasteiger partial charge < -0.3 is 23.5 Å². The molecule has 6 nitrogen and oxygen atoms in total. The van der Waals surface area contributed by atoms with Crippen LogP contribution < -0.4 is 0 Å². The standard InChI is InChI=1S/C23H46NO5P/c1-14-16(3)28-18(13-26-10)19(14)24(9)30(12,25)23(7,8)22(5,6)21-20(27-11)15(2)17(4)29-21/h14-21H,13H2,1-12H3/t14-,15-,16-,17-,18+,19?,20?,21?,30?/m0/s1. The Balaban J connectivity index is 2.39. The van der Waals surface area contributed by atoms with Crippen molar-refractivity contribution in [2.45, 2.75) is 97.1 Å². The van der Waals surface area contributed by atoms with Crippen molar-refractivity contribution in [1.29, 1.82) is 0 Å². The highest BCUT2D eigenvalue weighted by Crippen LogP contribution is 2.67. The predicted molar refractivity (Wildman–Crippen MR) is 123 cm³/mol. The number of rotatable bonds is 8. The van der Waals surface area contributed by atoms with E-state index in [1.165, 1.54) is 0 Å². The lowest BCUT2D eigenvalue weighted by molar-refractivity contribution is -0.0785. The lowest BCUT2D eigenvalue weighted by atomic mass is 9.72. The first-order valence-electron chi connectivity index (χ1n) is 11.3. The SMILES string of the molecule is COC[C@H]1O[C@@H](C)[C@H](C)C1N(C)P(C)(=O)C(C)(C)C(C)(C)C1O[C@@H](C)[C@H](C)C1OC. The Morgan fingerprint density at radius 2 is 1.50 bits per heavy atom. The summed E-state index contributed by atoms with van der Waals surface area (Å²) in [4.78, 5) is 0. The minimum absolute atomic E-state index is 0.0189. The summed E-state index contributed by atoms with van der Waals surface area (Å²) in [5, 5.41) is -0.525. The van der Waals surface area contributed by atoms with Crippen molar-refractivity contribution in [3.63, 3.8) is 0 Å². The van der Waals surface area contributed by atoms with Gasteiger partial charge in [0.25, 0.3) is 0 Å². The molecule has 9 atom stereocenters. The van der Waals surface area contributed by atoms with Gasteiger partial charge in [0, 0.05) is 49.3 Å². The molecule has 7 heteroatoms. The van der Waals surface area contributed by atoms with Gasteiger partial charge in [0.15, 0.2) is 7.29 Å². The summed E-state index contributed by atoms with van der Waals surface area (Å²) in [5.41, 5.74) is -0.379. The largest absolute Gasteiger partial charge is 0.382 e. The predicted octanol–water partition coefficient (Wildman–Crippen LogP) is 4.51. The Hall–Kier alpha value is 0.0300. The molecule has 4 unspecified atom stereocenters. The summed E-state index contributed by atoms with van der Waals surface area (Å²) in [7, 11) is 2.60. The second-order valence-corrected chi connectivity index (χ2v) is 14.2. The highest BCUT2D eigenvalue weighted by molar-refractivity contribution is 7.62. The first-order valence-corrected chi connectivity index (χ1v) is 13.4. The molecule has 2 aliphatic heterocycles. The topological polar surface area (TPSA) is 57.2 Å². The fraction of sp³-hybridized carbons (Fsp3) is 1.00. The Bertz CT molecular complexity index is 639. The fourth-order valence-electron chi connectivity index (χ4n) is 5.41. The molecule has 2 heterocycles. The normalized spacial score (nSPS) is 40.2. The zero-order valence-corrected chi connectivity index (χ0v) is 22.2. The first-order chi connectivity index (χ1) is 13.7. The van der Waals surface area contributed by atoms with Gasteiger partial charge in [-0.15, -0.1) is 0 Å². The maximum atomic E-state index is 14.6. The van der Waals surface area contributed by atoms with Gasteiger partial charge in [0.05, 0.1) is 37.1 Å². The maximum Gasteiger partial charge on any atom is 0.153 e. The molecule has 2 saturated heterocycles. The molecule has 0 radical (unpaired) electrons. The van der Waals surface area contributed by atoms with E-state index in [9.17, 15) is 4.57 Å². The van der Waals surface area contributed by atoms with E-state index in [1.807, 2.05) is 13.7 Å². The van der Waals surface area contributed by atoms with Gasteiger partial charge in [-0.05, 0) is 20.9 Å². The molecule has 0 spiro atoms. The van der Waals surface area contributed by atoms with Crippen LogP contribution in [0.1, 0.15) is 55.4 Å². The molecule has 0 aromatic rings. The molecule has 0 aromatic carbocycles. The molecule has 178 valence electrons. The smallest absolute Gasteiger partial charge is 0.153 e. The number of nitrogens with zero attached hydrogens (tertiary/aromatic N) is 1. The molecular formula is C23H46NO5P. The summed E-state index contributed by atoms with van der Waals surface area (Å²) in [5.74, 6) is 0.552. The minimum Gasteiger partial charge on any atom is -0.382 e. The highest BCUT2D eigenvalue weighted by atomic mass is 31.2. The van der Waals surface area contributed by atoms with Crippen LogP contribution in [0, 0.1) is 17.3 Å². The Morgan fingerprint density at radius 3 is 2.00 bits per heavy atom. The third-order valence-corrected chi connectivity index (χ3v) is 13.1. The Kier molecular flexibility index (Phi) is 7.98. The Morgan fingerprint density at radius 1 is 0.967 bits per heavy atom. The van der Waals surface area contributed by atoms with Crippen molar-refractivity contribution in [2.75, 3.05) is 34.5 Å². The van der Waals surface area contributed by atoms with Crippen molar-refractivity contribution in [1.82, 2.24) is 4.67 Å². The van der Waals surface area contributed by atoms with Crippen LogP contribution in [0.3, 0.4) is 0 Å². The average Bonchev–Trinajstić information content (AvgIpc) is 3.10. The second kappa shape index (κ2) is 9.11. The lowest BCUT2D eigenvalue weighted by Crippen LogP contribution is -2.55. The van der Waals surface area contributed by atoms with Crippen LogP contribution in [0.5, 0.6) is 0 Å². The van der Waals surface area contributed by atoms with E-state index in [1.54, 1.807) is 14.2 Å². The fourth-order valence-corrected chi connectivity index (χ4v) is 8.26. The van der Waals surface area contributed by atoms with Crippen LogP contribution in [0.2, 0.25) is 0 Å². The molecule has 0 bridgehead atoms. The molecule has 0 aromatic heterocycles. The molecule has 2 aliphatic rings. The van der Waals surface area contributed by atoms with Crippen LogP contribution in [-0.2, 0) is 23.5 Å². The number of methoxy groups -OCH3 is 2. The molecular weight excluding hydrogens is 401 g/mol. The molecule has 30 heavy (non-hydrogen) atoms. The van der Waals surface area contributed by atoms with Crippen LogP contribution in [-0.4, -0.2) is 80.9 Å². The summed E-state index contributed by atoms with van der Waals surface area (Å²) in [6.07, 6.45) is -0.0259. The van der Waals surface area contributed by atoms with Crippen molar-refractivity contribution < 1.29 is 23.5 Å². The molecule has 0 amide bonds. The molecule has 0 N–H and O–H groups in total. The number of hydrogen-bond donors (Lipinski definition) is 0. The van der Waals surface area contributed by atoms with Gasteiger partial charge in [-0.3, -0.25) is 0 Å². The summed E-state index contributed by atoms with van der Waals surface area (Å²) in [6, 6.07) is 0.0337. The van der Waals surface area contributed by atoms with E-state index in [-0.39, 0.29) is 47.9 Å². The average molecular weight is 448 g/mol. The number of ether oxygens (including phenoxy) is 4. The second-order valence-electron chi connectivity index (χ2n) is 10.7. The van der Waals surface area contributed by atoms with Crippen molar-refractivity contribution in [2.24, 2.45) is 17.3 Å². The monoisotopic (exact) mass is 447 g/mol. The van der Waals surface area contributed by atoms with Gasteiger partial charge in [-0.1, -0.05) is 41.5 Å². The van der Waals surface area contributed by atoms with Gasteiger partial charge in [0.1, 0.15) is 0 Å². The van der Waals surface area contributed by atoms with Crippen LogP contribution in [0.25, 0.3) is 0 Å². The molecule has 0 saturated carbocycles. The van der Waals surface area contributed by atoms with E-state index in [0.29, 0.717) is 12.5 Å². The van der Waals surface area contributed by atoms with Crippen molar-refractivity contribution >= 4 is 7.29 Å². The number of hydrogen-bond acceptors (Lipinski definition) is 5. The number of likely N-dealkylation sites (N-methyl/N-ethyl adjacent to an activating group) is 1. The van der Waals surface area contributed by atoms with E-state index >= 15 is 0 Å². The van der Waals surface area contributed by atoms with Crippen LogP contribution in [0.4, 0.5) is 0 Å². The van der Waals surface area contributed by atoms with E-state index < -0.39 is 12.4 Å². The molecule has 2 rings (SSSR count). The van der Waals surface area contributed by atoms with Gasteiger partial charge in [-0.25, -0.2) is 4.67 Å².